The molecule has 0 saturated heterocycles. The molecule has 12 heteroatoms. The molecule has 12 nitrogen and oxygen atoms in total. The smallest absolute Gasteiger partial charge is 0.253 e. The molecule has 0 aliphatic carbocycles. The number of hydrogen-bond donors (Lipinski definition) is 6. The summed E-state index contributed by atoms with van der Waals surface area (Å²) in [6.07, 6.45) is 0.250. The van der Waals surface area contributed by atoms with Crippen LogP contribution < -0.4 is 32.7 Å². The van der Waals surface area contributed by atoms with Crippen LogP contribution in [0.1, 0.15) is 65.5 Å². The fourth-order valence-corrected chi connectivity index (χ4v) is 6.34. The maximum Gasteiger partial charge on any atom is 0.253 e. The van der Waals surface area contributed by atoms with Gasteiger partial charge in [0.2, 0.25) is 23.6 Å². The zero-order valence-electron chi connectivity index (χ0n) is 30.8. The van der Waals surface area contributed by atoms with Crippen LogP contribution in [0.15, 0.2) is 72.8 Å². The summed E-state index contributed by atoms with van der Waals surface area (Å²) in [6, 6.07) is 20.6. The van der Waals surface area contributed by atoms with Crippen molar-refractivity contribution in [2.45, 2.75) is 71.4 Å². The van der Waals surface area contributed by atoms with Gasteiger partial charge in [0, 0.05) is 17.5 Å². The molecule has 0 fully saturated rings. The summed E-state index contributed by atoms with van der Waals surface area (Å²) in [7, 11) is 0. The first-order chi connectivity index (χ1) is 25.1. The number of nitrogens with zero attached hydrogens (tertiary/aromatic N) is 1. The fraction of sp³-hybridized carbons (Fsp3) is 0.317. The summed E-state index contributed by atoms with van der Waals surface area (Å²) in [5, 5.41) is 11.0. The molecule has 53 heavy (non-hydrogen) atoms. The van der Waals surface area contributed by atoms with Gasteiger partial charge in [0.15, 0.2) is 0 Å². The third-order valence-corrected chi connectivity index (χ3v) is 9.27. The van der Waals surface area contributed by atoms with Crippen LogP contribution in [-0.2, 0) is 37.4 Å². The van der Waals surface area contributed by atoms with Gasteiger partial charge in [0.25, 0.3) is 5.91 Å². The Kier molecular flexibility index (Phi) is 11.7. The first-order valence-corrected chi connectivity index (χ1v) is 17.6. The van der Waals surface area contributed by atoms with Gasteiger partial charge >= 0.3 is 0 Å². The van der Waals surface area contributed by atoms with E-state index >= 15 is 0 Å². The lowest BCUT2D eigenvalue weighted by Gasteiger charge is -2.23. The maximum absolute atomic E-state index is 14.0. The van der Waals surface area contributed by atoms with E-state index in [4.69, 9.17) is 16.5 Å². The summed E-state index contributed by atoms with van der Waals surface area (Å²) in [4.78, 5) is 69.8. The van der Waals surface area contributed by atoms with E-state index in [1.165, 1.54) is 5.56 Å². The Labute approximate surface area is 309 Å². The minimum Gasteiger partial charge on any atom is -0.368 e. The number of carbonyl (C=O) groups is 5. The van der Waals surface area contributed by atoms with E-state index < -0.39 is 35.7 Å². The normalized spacial score (nSPS) is 15.3. The predicted octanol–water partition coefficient (Wildman–Crippen LogP) is 3.60. The number of nitrogens with two attached hydrogens (primary N) is 2. The van der Waals surface area contributed by atoms with Crippen molar-refractivity contribution in [2.24, 2.45) is 11.5 Å². The van der Waals surface area contributed by atoms with Crippen molar-refractivity contribution >= 4 is 35.2 Å². The van der Waals surface area contributed by atoms with Gasteiger partial charge in [0.1, 0.15) is 12.1 Å². The summed E-state index contributed by atoms with van der Waals surface area (Å²) in [6.45, 7) is 9.86. The number of nitrogens with one attached hydrogen (secondary N) is 4. The van der Waals surface area contributed by atoms with Crippen LogP contribution in [0.3, 0.4) is 0 Å². The van der Waals surface area contributed by atoms with E-state index in [0.717, 1.165) is 11.3 Å². The quantitative estimate of drug-likeness (QED) is 0.160. The molecular weight excluding hydrogens is 670 g/mol. The van der Waals surface area contributed by atoms with Gasteiger partial charge in [-0.2, -0.15) is 0 Å². The van der Waals surface area contributed by atoms with Crippen LogP contribution in [0, 0.1) is 13.8 Å². The molecular formula is C41H47N7O5. The van der Waals surface area contributed by atoms with Gasteiger partial charge in [-0.3, -0.25) is 29.0 Å². The summed E-state index contributed by atoms with van der Waals surface area (Å²) >= 11 is 0. The monoisotopic (exact) mass is 717 g/mol. The molecule has 3 aromatic carbocycles. The van der Waals surface area contributed by atoms with E-state index in [2.05, 4.69) is 54.2 Å². The summed E-state index contributed by atoms with van der Waals surface area (Å²) in [5.41, 5.74) is 19.1. The zero-order chi connectivity index (χ0) is 38.4. The van der Waals surface area contributed by atoms with Crippen LogP contribution >= 0.6 is 0 Å². The average molecular weight is 718 g/mol. The lowest BCUT2D eigenvalue weighted by Crippen LogP contribution is -2.49. The molecule has 1 aliphatic heterocycles. The first kappa shape index (κ1) is 38.4. The molecule has 0 saturated carbocycles. The number of pyridine rings is 1. The van der Waals surface area contributed by atoms with Crippen LogP contribution in [0.5, 0.6) is 0 Å². The van der Waals surface area contributed by atoms with Crippen LogP contribution in [0.2, 0.25) is 0 Å². The molecule has 1 unspecified atom stereocenters. The molecule has 8 N–H and O–H groups in total. The molecule has 5 rings (SSSR count). The minimum atomic E-state index is -1.04. The molecule has 4 aromatic rings. The van der Waals surface area contributed by atoms with Gasteiger partial charge in [-0.25, -0.2) is 0 Å². The van der Waals surface area contributed by atoms with E-state index in [0.29, 0.717) is 44.8 Å². The number of aromatic nitrogens is 1. The Morgan fingerprint density at radius 1 is 0.925 bits per heavy atom. The Balaban J connectivity index is 1.43. The second-order valence-electron chi connectivity index (χ2n) is 14.5. The number of anilines is 1. The summed E-state index contributed by atoms with van der Waals surface area (Å²) < 4.78 is 0. The number of hydrogen-bond acceptors (Lipinski definition) is 7. The second-order valence-corrected chi connectivity index (χ2v) is 14.5. The highest BCUT2D eigenvalue weighted by molar-refractivity contribution is 6.04. The van der Waals surface area contributed by atoms with Crippen LogP contribution in [0.4, 0.5) is 5.69 Å². The molecule has 0 spiro atoms. The number of carbonyl (C=O) groups excluding carboxylic acids is 5. The van der Waals surface area contributed by atoms with E-state index in [9.17, 15) is 24.0 Å². The highest BCUT2D eigenvalue weighted by atomic mass is 16.2. The van der Waals surface area contributed by atoms with Crippen LogP contribution in [0.25, 0.3) is 22.4 Å². The molecule has 276 valence electrons. The number of fused-ring (bicyclic) bond motifs is 5. The predicted molar refractivity (Wildman–Crippen MR) is 205 cm³/mol. The van der Waals surface area contributed by atoms with Crippen molar-refractivity contribution in [1.82, 2.24) is 20.9 Å². The SMILES string of the molecule is Cc1cc2cc(c1NC(=O)[C@H](CCN)NC(=O)c1ccc(-c3ccc(C(C)(C)C)cc3)nc1C)-c1cccc(c1)CC(=O)NCC(=O)NC(C(N)=O)C2. The molecule has 4 bridgehead atoms. The van der Waals surface area contributed by atoms with E-state index in [1.807, 2.05) is 43.3 Å². The maximum atomic E-state index is 14.0. The average Bonchev–Trinajstić information content (AvgIpc) is 3.10. The molecule has 1 aliphatic rings. The highest BCUT2D eigenvalue weighted by Gasteiger charge is 2.26. The van der Waals surface area contributed by atoms with Crippen molar-refractivity contribution < 1.29 is 24.0 Å². The van der Waals surface area contributed by atoms with Crippen molar-refractivity contribution in [3.05, 3.63) is 106 Å². The van der Waals surface area contributed by atoms with Crippen molar-refractivity contribution in [3.8, 4) is 22.4 Å². The lowest BCUT2D eigenvalue weighted by molar-refractivity contribution is -0.128. The van der Waals surface area contributed by atoms with Gasteiger partial charge < -0.3 is 32.7 Å². The minimum absolute atomic E-state index is 0.00404. The Morgan fingerprint density at radius 3 is 2.32 bits per heavy atom. The third kappa shape index (κ3) is 9.52. The molecule has 0 radical (unpaired) electrons. The zero-order valence-corrected chi connectivity index (χ0v) is 30.8. The number of amides is 5. The second kappa shape index (κ2) is 16.2. The fourth-order valence-electron chi connectivity index (χ4n) is 6.34. The molecule has 2 atom stereocenters. The Morgan fingerprint density at radius 2 is 1.66 bits per heavy atom. The third-order valence-electron chi connectivity index (χ3n) is 9.27. The largest absolute Gasteiger partial charge is 0.368 e. The number of primary amides is 1. The topological polar surface area (TPSA) is 198 Å². The van der Waals surface area contributed by atoms with Crippen molar-refractivity contribution in [2.75, 3.05) is 18.4 Å². The van der Waals surface area contributed by atoms with Gasteiger partial charge in [0.05, 0.1) is 35.6 Å². The molecule has 2 heterocycles. The standard InChI is InChI=1S/C41H47N7O5/c1-23-17-26-19-31(28-8-6-7-25(18-28)21-35(49)44-22-36(50)46-34(20-26)38(43)51)37(23)48-40(53)33(15-16-42)47-39(52)30-13-14-32(45-24(30)2)27-9-11-29(12-10-27)41(3,4)5/h6-14,17-19,33-34H,15-16,20-22,42H2,1-5H3,(H2,43,51)(H,44,49)(H,46,50)(H,47,52)(H,48,53)/t33-,34?/m0/s1. The van der Waals surface area contributed by atoms with Crippen molar-refractivity contribution in [3.63, 3.8) is 0 Å². The van der Waals surface area contributed by atoms with E-state index in [1.54, 1.807) is 31.2 Å². The lowest BCUT2D eigenvalue weighted by atomic mass is 9.86. The van der Waals surface area contributed by atoms with E-state index in [-0.39, 0.29) is 43.7 Å². The highest BCUT2D eigenvalue weighted by Crippen LogP contribution is 2.34. The number of benzene rings is 3. The van der Waals surface area contributed by atoms with Crippen molar-refractivity contribution in [1.29, 1.82) is 0 Å². The van der Waals surface area contributed by atoms with Crippen LogP contribution in [-0.4, -0.2) is 59.7 Å². The van der Waals surface area contributed by atoms with Gasteiger partial charge in [-0.05, 0) is 78.2 Å². The number of rotatable bonds is 8. The summed E-state index contributed by atoms with van der Waals surface area (Å²) in [5.74, 6) is -2.59. The molecule has 1 aromatic heterocycles. The Hall–Kier alpha value is -5.88. The van der Waals surface area contributed by atoms with Gasteiger partial charge in [-0.15, -0.1) is 0 Å². The Bertz CT molecular complexity index is 2050. The molecule has 5 amide bonds. The number of aryl methyl sites for hydroxylation is 2. The van der Waals surface area contributed by atoms with Gasteiger partial charge in [-0.1, -0.05) is 75.4 Å². The first-order valence-electron chi connectivity index (χ1n) is 17.6.